The highest BCUT2D eigenvalue weighted by molar-refractivity contribution is 5.90. The molecule has 1 N–H and O–H groups in total. The highest BCUT2D eigenvalue weighted by Gasteiger charge is 2.06. The van der Waals surface area contributed by atoms with E-state index in [2.05, 4.69) is 12.2 Å². The van der Waals surface area contributed by atoms with Crippen molar-refractivity contribution in [2.45, 2.75) is 148 Å². The molecule has 0 heterocycles. The summed E-state index contributed by atoms with van der Waals surface area (Å²) in [6.45, 7) is 2.29. The van der Waals surface area contributed by atoms with Gasteiger partial charge < -0.3 is 10.2 Å². The summed E-state index contributed by atoms with van der Waals surface area (Å²) in [6.07, 6.45) is 27.6. The number of carbonyl (C=O) groups is 2. The van der Waals surface area contributed by atoms with Gasteiger partial charge in [-0.05, 0) is 30.5 Å². The highest BCUT2D eigenvalue weighted by Crippen LogP contribution is 2.16. The van der Waals surface area contributed by atoms with E-state index < -0.39 is 0 Å². The Balaban J connectivity index is 1.90. The third kappa shape index (κ3) is 19.9. The first-order chi connectivity index (χ1) is 18.0. The molecule has 0 atom stereocenters. The Kier molecular flexibility index (Phi) is 20.9. The Labute approximate surface area is 229 Å². The van der Waals surface area contributed by atoms with Gasteiger partial charge in [-0.1, -0.05) is 135 Å². The summed E-state index contributed by atoms with van der Waals surface area (Å²) in [7, 11) is 3.55. The lowest BCUT2D eigenvalue weighted by Crippen LogP contribution is -2.21. The van der Waals surface area contributed by atoms with Crippen molar-refractivity contribution in [1.29, 1.82) is 0 Å². The molecule has 0 aromatic heterocycles. The Morgan fingerprint density at radius 1 is 0.649 bits per heavy atom. The van der Waals surface area contributed by atoms with E-state index in [1.54, 1.807) is 19.0 Å². The molecule has 212 valence electrons. The Morgan fingerprint density at radius 3 is 1.57 bits per heavy atom. The molecule has 0 aliphatic rings. The number of anilines is 1. The minimum Gasteiger partial charge on any atom is -0.349 e. The fourth-order valence-electron chi connectivity index (χ4n) is 4.87. The molecule has 4 heteroatoms. The van der Waals surface area contributed by atoms with Crippen LogP contribution in [0.2, 0.25) is 0 Å². The lowest BCUT2D eigenvalue weighted by atomic mass is 10.0. The fraction of sp³-hybridized carbons (Fsp3) is 0.758. The second kappa shape index (κ2) is 23.3. The number of hydrogen-bond donors (Lipinski definition) is 1. The van der Waals surface area contributed by atoms with Crippen molar-refractivity contribution in [3.05, 3.63) is 29.8 Å². The molecular formula is C33H58N2O2. The van der Waals surface area contributed by atoms with Gasteiger partial charge in [-0.25, -0.2) is 0 Å². The first kappa shape index (κ1) is 33.2. The number of carbonyl (C=O) groups excluding carboxylic acids is 2. The molecule has 1 aromatic carbocycles. The normalized spacial score (nSPS) is 11.0. The molecule has 2 amide bonds. The van der Waals surface area contributed by atoms with Gasteiger partial charge in [-0.3, -0.25) is 9.59 Å². The van der Waals surface area contributed by atoms with Crippen LogP contribution in [0.25, 0.3) is 0 Å². The van der Waals surface area contributed by atoms with E-state index >= 15 is 0 Å². The van der Waals surface area contributed by atoms with E-state index in [1.165, 1.54) is 109 Å². The van der Waals surface area contributed by atoms with E-state index in [1.807, 2.05) is 24.3 Å². The van der Waals surface area contributed by atoms with Gasteiger partial charge in [0.2, 0.25) is 11.8 Å². The summed E-state index contributed by atoms with van der Waals surface area (Å²) >= 11 is 0. The lowest BCUT2D eigenvalue weighted by Gasteiger charge is -2.11. The maximum atomic E-state index is 12.3. The summed E-state index contributed by atoms with van der Waals surface area (Å²) in [4.78, 5) is 25.7. The lowest BCUT2D eigenvalue weighted by molar-refractivity contribution is -0.128. The van der Waals surface area contributed by atoms with Crippen LogP contribution >= 0.6 is 0 Å². The zero-order valence-electron chi connectivity index (χ0n) is 24.6. The van der Waals surface area contributed by atoms with Gasteiger partial charge in [0.25, 0.3) is 0 Å². The van der Waals surface area contributed by atoms with Crippen LogP contribution in [-0.4, -0.2) is 30.8 Å². The molecule has 1 rings (SSSR count). The fourth-order valence-corrected chi connectivity index (χ4v) is 4.87. The second-order valence-corrected chi connectivity index (χ2v) is 11.2. The van der Waals surface area contributed by atoms with E-state index in [0.717, 1.165) is 24.1 Å². The number of benzene rings is 1. The van der Waals surface area contributed by atoms with Crippen LogP contribution in [0.1, 0.15) is 147 Å². The summed E-state index contributed by atoms with van der Waals surface area (Å²) in [5, 5.41) is 3.02. The van der Waals surface area contributed by atoms with E-state index in [4.69, 9.17) is 0 Å². The third-order valence-electron chi connectivity index (χ3n) is 7.34. The number of aryl methyl sites for hydroxylation is 1. The molecule has 0 radical (unpaired) electrons. The van der Waals surface area contributed by atoms with Crippen molar-refractivity contribution in [3.8, 4) is 0 Å². The van der Waals surface area contributed by atoms with E-state index in [0.29, 0.717) is 19.3 Å². The number of rotatable bonds is 24. The molecule has 0 spiro atoms. The Bertz CT molecular complexity index is 701. The summed E-state index contributed by atoms with van der Waals surface area (Å²) in [5.41, 5.74) is 1.91. The molecule has 0 aliphatic heterocycles. The molecule has 4 nitrogen and oxygen atoms in total. The van der Waals surface area contributed by atoms with Crippen molar-refractivity contribution in [2.24, 2.45) is 0 Å². The molecular weight excluding hydrogens is 456 g/mol. The zero-order valence-corrected chi connectivity index (χ0v) is 24.6. The topological polar surface area (TPSA) is 49.4 Å². The minimum atomic E-state index is 0.0912. The van der Waals surface area contributed by atoms with Crippen molar-refractivity contribution < 1.29 is 9.59 Å². The van der Waals surface area contributed by atoms with Crippen LogP contribution in [0.5, 0.6) is 0 Å². The largest absolute Gasteiger partial charge is 0.349 e. The molecule has 0 saturated heterocycles. The molecule has 1 aromatic rings. The molecule has 0 unspecified atom stereocenters. The third-order valence-corrected chi connectivity index (χ3v) is 7.34. The first-order valence-corrected chi connectivity index (χ1v) is 15.6. The van der Waals surface area contributed by atoms with Crippen molar-refractivity contribution in [2.75, 3.05) is 19.4 Å². The molecule has 37 heavy (non-hydrogen) atoms. The maximum absolute atomic E-state index is 12.3. The quantitative estimate of drug-likeness (QED) is 0.140. The monoisotopic (exact) mass is 514 g/mol. The van der Waals surface area contributed by atoms with E-state index in [9.17, 15) is 9.59 Å². The zero-order chi connectivity index (χ0) is 27.0. The predicted molar refractivity (Wildman–Crippen MR) is 160 cm³/mol. The standard InChI is InChI=1S/C33H58N2O2/c1-4-5-6-7-8-9-10-11-12-13-14-15-16-17-18-19-20-21-22-26-32(36)34-31-25-23-24-30(29-31)27-28-33(37)35(2)3/h23-25,29H,4-22,26-28H2,1-3H3,(H,34,36). The van der Waals surface area contributed by atoms with Crippen LogP contribution in [-0.2, 0) is 16.0 Å². The van der Waals surface area contributed by atoms with Gasteiger partial charge in [0.1, 0.15) is 0 Å². The number of amides is 2. The predicted octanol–water partition coefficient (Wildman–Crippen LogP) is 9.47. The van der Waals surface area contributed by atoms with Crippen LogP contribution in [0.4, 0.5) is 5.69 Å². The van der Waals surface area contributed by atoms with Gasteiger partial charge in [-0.15, -0.1) is 0 Å². The van der Waals surface area contributed by atoms with Crippen LogP contribution in [0, 0.1) is 0 Å². The number of nitrogens with one attached hydrogen (secondary N) is 1. The van der Waals surface area contributed by atoms with E-state index in [-0.39, 0.29) is 11.8 Å². The van der Waals surface area contributed by atoms with Crippen molar-refractivity contribution in [1.82, 2.24) is 4.90 Å². The minimum absolute atomic E-state index is 0.0912. The summed E-state index contributed by atoms with van der Waals surface area (Å²) in [5.74, 6) is 0.215. The van der Waals surface area contributed by atoms with Crippen LogP contribution in [0.3, 0.4) is 0 Å². The Morgan fingerprint density at radius 2 is 1.11 bits per heavy atom. The molecule has 0 saturated carbocycles. The SMILES string of the molecule is CCCCCCCCCCCCCCCCCCCCCC(=O)Nc1cccc(CCC(=O)N(C)C)c1. The smallest absolute Gasteiger partial charge is 0.224 e. The maximum Gasteiger partial charge on any atom is 0.224 e. The average Bonchev–Trinajstić information content (AvgIpc) is 2.88. The first-order valence-electron chi connectivity index (χ1n) is 15.6. The second-order valence-electron chi connectivity index (χ2n) is 11.2. The number of nitrogens with zero attached hydrogens (tertiary/aromatic N) is 1. The molecule has 0 bridgehead atoms. The Hall–Kier alpha value is -1.84. The van der Waals surface area contributed by atoms with Crippen molar-refractivity contribution >= 4 is 17.5 Å². The number of hydrogen-bond acceptors (Lipinski definition) is 2. The summed E-state index contributed by atoms with van der Waals surface area (Å²) < 4.78 is 0. The van der Waals surface area contributed by atoms with Crippen LogP contribution in [0.15, 0.2) is 24.3 Å². The van der Waals surface area contributed by atoms with Gasteiger partial charge in [0.05, 0.1) is 0 Å². The molecule has 0 aliphatic carbocycles. The summed E-state index contributed by atoms with van der Waals surface area (Å²) in [6, 6.07) is 7.86. The average molecular weight is 515 g/mol. The highest BCUT2D eigenvalue weighted by atomic mass is 16.2. The van der Waals surface area contributed by atoms with Gasteiger partial charge >= 0.3 is 0 Å². The van der Waals surface area contributed by atoms with Crippen LogP contribution < -0.4 is 5.32 Å². The van der Waals surface area contributed by atoms with Gasteiger partial charge in [-0.2, -0.15) is 0 Å². The van der Waals surface area contributed by atoms with Gasteiger partial charge in [0.15, 0.2) is 0 Å². The number of unbranched alkanes of at least 4 members (excludes halogenated alkanes) is 18. The van der Waals surface area contributed by atoms with Gasteiger partial charge in [0, 0.05) is 32.6 Å². The van der Waals surface area contributed by atoms with Crippen molar-refractivity contribution in [3.63, 3.8) is 0 Å². The molecule has 0 fully saturated rings.